The van der Waals surface area contributed by atoms with Crippen LogP contribution in [0, 0.1) is 59.4 Å². The SMILES string of the molecule is CC(C)(C)c1ccc([S+](c2ccc(C(C)(C)C)cc2)c2ccc(C(C)(C)C)cc2)cc1.Fc1ccc([I+]c2ccccc2)cc1.O=C(O)c1c(F)c(F)c([O-])c(F)c1F.O=C1C2CC3CC1CC(C(=O)[O-])(C3)C2. The summed E-state index contributed by atoms with van der Waals surface area (Å²) in [4.78, 5) is 37.1. The van der Waals surface area contributed by atoms with Crippen LogP contribution in [0.25, 0.3) is 0 Å². The molecule has 4 fully saturated rings. The van der Waals surface area contributed by atoms with Gasteiger partial charge in [0.1, 0.15) is 17.2 Å². The topological polar surface area (TPSA) is 118 Å². The van der Waals surface area contributed by atoms with Gasteiger partial charge in [0, 0.05) is 23.2 Å². The van der Waals surface area contributed by atoms with Crippen molar-refractivity contribution in [3.05, 3.63) is 186 Å². The van der Waals surface area contributed by atoms with Gasteiger partial charge in [0.05, 0.1) is 10.9 Å². The molecule has 4 saturated carbocycles. The van der Waals surface area contributed by atoms with Crippen LogP contribution in [0.4, 0.5) is 22.0 Å². The molecule has 0 heterocycles. The van der Waals surface area contributed by atoms with Gasteiger partial charge < -0.3 is 20.1 Å². The van der Waals surface area contributed by atoms with Crippen molar-refractivity contribution in [1.82, 2.24) is 0 Å². The van der Waals surface area contributed by atoms with Crippen LogP contribution in [-0.2, 0) is 36.7 Å². The van der Waals surface area contributed by atoms with E-state index in [9.17, 15) is 46.5 Å². The summed E-state index contributed by atoms with van der Waals surface area (Å²) in [7, 11) is -0.120. The van der Waals surface area contributed by atoms with E-state index in [4.69, 9.17) is 5.11 Å². The molecular weight excluding hydrogens is 1070 g/mol. The highest BCUT2D eigenvalue weighted by molar-refractivity contribution is 7.97. The molecule has 2 unspecified atom stereocenters. The molecule has 386 valence electrons. The Bertz CT molecular complexity index is 2710. The third-order valence-corrected chi connectivity index (χ3v) is 18.4. The number of aromatic carboxylic acids is 1. The van der Waals surface area contributed by atoms with Gasteiger partial charge in [0.25, 0.3) is 0 Å². The van der Waals surface area contributed by atoms with Gasteiger partial charge in [-0.1, -0.05) is 117 Å². The summed E-state index contributed by atoms with van der Waals surface area (Å²) >= 11 is -0.151. The van der Waals surface area contributed by atoms with E-state index < -0.39 is 51.9 Å². The average Bonchev–Trinajstić information content (AvgIpc) is 3.33. The minimum absolute atomic E-state index is 0.0409. The number of halogens is 6. The van der Waals surface area contributed by atoms with Crippen LogP contribution in [-0.4, -0.2) is 22.8 Å². The van der Waals surface area contributed by atoms with Crippen molar-refractivity contribution in [1.29, 1.82) is 0 Å². The van der Waals surface area contributed by atoms with Crippen LogP contribution in [0.5, 0.6) is 5.75 Å². The number of ketones is 1. The van der Waals surface area contributed by atoms with Crippen molar-refractivity contribution >= 4 is 28.6 Å². The zero-order chi connectivity index (χ0) is 53.8. The first-order chi connectivity index (χ1) is 34.1. The van der Waals surface area contributed by atoms with E-state index in [1.54, 1.807) is 0 Å². The molecule has 4 aliphatic rings. The highest BCUT2D eigenvalue weighted by atomic mass is 127. The van der Waals surface area contributed by atoms with Gasteiger partial charge >= 0.3 is 27.2 Å². The van der Waals surface area contributed by atoms with Crippen molar-refractivity contribution < 1.29 is 72.9 Å². The number of carbonyl (C=O) groups is 3. The van der Waals surface area contributed by atoms with Crippen LogP contribution in [0.3, 0.4) is 0 Å². The third-order valence-electron chi connectivity index (χ3n) is 13.5. The fourth-order valence-electron chi connectivity index (χ4n) is 9.57. The van der Waals surface area contributed by atoms with Crippen LogP contribution < -0.4 is 31.4 Å². The average molecular weight is 1130 g/mol. The number of benzene rings is 6. The number of carboxylic acid groups (broad SMARTS) is 2. The highest BCUT2D eigenvalue weighted by Gasteiger charge is 2.55. The molecule has 0 aromatic heterocycles. The van der Waals surface area contributed by atoms with E-state index in [-0.39, 0.29) is 66.0 Å². The lowest BCUT2D eigenvalue weighted by atomic mass is 9.49. The summed E-state index contributed by atoms with van der Waals surface area (Å²) in [6.07, 6.45) is 3.74. The monoisotopic (exact) mass is 1130 g/mol. The first-order valence-corrected chi connectivity index (χ1v) is 27.5. The molecule has 0 aliphatic heterocycles. The fourth-order valence-corrected chi connectivity index (χ4v) is 13.8. The first kappa shape index (κ1) is 56.8. The maximum absolute atomic E-state index is 12.6. The Morgan fingerprint density at radius 1 is 0.562 bits per heavy atom. The molecule has 0 radical (unpaired) electrons. The number of carboxylic acids is 2. The van der Waals surface area contributed by atoms with E-state index >= 15 is 0 Å². The molecule has 6 aromatic carbocycles. The van der Waals surface area contributed by atoms with Gasteiger partial charge in [-0.25, -0.2) is 26.7 Å². The zero-order valence-electron chi connectivity index (χ0n) is 42.6. The number of hydrogen-bond acceptors (Lipinski definition) is 5. The number of rotatable bonds is 7. The fraction of sp³-hybridized carbons (Fsp3) is 0.350. The summed E-state index contributed by atoms with van der Waals surface area (Å²) < 4.78 is 65.3. The van der Waals surface area contributed by atoms with Crippen molar-refractivity contribution in [2.75, 3.05) is 0 Å². The molecule has 1 N–H and O–H groups in total. The zero-order valence-corrected chi connectivity index (χ0v) is 45.5. The van der Waals surface area contributed by atoms with Crippen LogP contribution in [0.15, 0.2) is 142 Å². The quantitative estimate of drug-likeness (QED) is 0.0737. The molecule has 10 rings (SSSR count). The lowest BCUT2D eigenvalue weighted by Crippen LogP contribution is -3.61. The van der Waals surface area contributed by atoms with Gasteiger partial charge in [0.15, 0.2) is 45.1 Å². The summed E-state index contributed by atoms with van der Waals surface area (Å²) in [5.41, 5.74) is 2.19. The summed E-state index contributed by atoms with van der Waals surface area (Å²) in [5, 5.41) is 29.7. The standard InChI is InChI=1S/C30H39S.C12H9FI.C11H14O3.C7H2F4O3/c1-28(2,3)22-10-16-25(17-11-22)31(26-18-12-23(13-19-26)29(4,5)6)27-20-14-24(15-21-27)30(7,8)9;13-10-6-8-12(9-7-10)14-11-4-2-1-3-5-11;12-9-7-1-6-2-8(9)5-11(3-6,4-7)10(13)14;8-2-1(7(13)14)3(9)5(11)6(12)4(2)10/h10-21H,1-9H3;1-9H;6-8H,1-5H2,(H,13,14);12H,(H,13,14)/q2*+1;;/p-2. The molecule has 0 spiro atoms. The van der Waals surface area contributed by atoms with Gasteiger partial charge in [-0.05, 0) is 150 Å². The molecule has 0 amide bonds. The minimum atomic E-state index is -2.25. The number of carbonyl (C=O) groups excluding carboxylic acids is 2. The second-order valence-electron chi connectivity index (χ2n) is 22.0. The van der Waals surface area contributed by atoms with E-state index in [1.165, 1.54) is 50.6 Å². The highest BCUT2D eigenvalue weighted by Crippen LogP contribution is 2.58. The lowest BCUT2D eigenvalue weighted by Gasteiger charge is -2.56. The third kappa shape index (κ3) is 13.8. The Kier molecular flexibility index (Phi) is 17.8. The molecule has 2 atom stereocenters. The van der Waals surface area contributed by atoms with E-state index in [2.05, 4.69) is 147 Å². The molecule has 4 bridgehead atoms. The second kappa shape index (κ2) is 22.9. The maximum atomic E-state index is 12.6. The van der Waals surface area contributed by atoms with Crippen molar-refractivity contribution in [3.63, 3.8) is 0 Å². The Morgan fingerprint density at radius 3 is 1.27 bits per heavy atom. The van der Waals surface area contributed by atoms with E-state index in [0.717, 1.165) is 19.3 Å². The number of aliphatic carboxylic acids is 1. The van der Waals surface area contributed by atoms with E-state index in [1.807, 2.05) is 30.3 Å². The molecule has 13 heteroatoms. The largest absolute Gasteiger partial charge is 0.868 e. The van der Waals surface area contributed by atoms with Crippen molar-refractivity contribution in [3.8, 4) is 5.75 Å². The predicted octanol–water partition coefficient (Wildman–Crippen LogP) is 9.78. The Hall–Kier alpha value is -5.54. The summed E-state index contributed by atoms with van der Waals surface area (Å²) in [6, 6.07) is 45.0. The smallest absolute Gasteiger partial charge is 0.357 e. The molecule has 6 nitrogen and oxygen atoms in total. The van der Waals surface area contributed by atoms with Gasteiger partial charge in [-0.15, -0.1) is 0 Å². The van der Waals surface area contributed by atoms with E-state index in [0.29, 0.717) is 24.5 Å². The number of Topliss-reactive ketones (excluding diaryl/α,β-unsaturated/α-hetero) is 1. The predicted molar refractivity (Wildman–Crippen MR) is 267 cm³/mol. The molecular formula is C60H62F5IO6S. The van der Waals surface area contributed by atoms with Gasteiger partial charge in [-0.2, -0.15) is 0 Å². The molecule has 6 aromatic rings. The van der Waals surface area contributed by atoms with Crippen molar-refractivity contribution in [2.45, 2.75) is 125 Å². The molecule has 0 saturated heterocycles. The lowest BCUT2D eigenvalue weighted by molar-refractivity contribution is -0.597. The minimum Gasteiger partial charge on any atom is -0.868 e. The Balaban J connectivity index is 0.000000173. The normalized spacial score (nSPS) is 18.9. The Labute approximate surface area is 439 Å². The molecule has 4 aliphatic carbocycles. The van der Waals surface area contributed by atoms with Gasteiger partial charge in [-0.3, -0.25) is 4.79 Å². The van der Waals surface area contributed by atoms with Crippen LogP contribution in [0.2, 0.25) is 0 Å². The van der Waals surface area contributed by atoms with Crippen LogP contribution in [0.1, 0.15) is 121 Å². The second-order valence-corrected chi connectivity index (χ2v) is 27.1. The van der Waals surface area contributed by atoms with Crippen LogP contribution >= 0.6 is 0 Å². The van der Waals surface area contributed by atoms with Crippen molar-refractivity contribution in [2.24, 2.45) is 23.2 Å². The summed E-state index contributed by atoms with van der Waals surface area (Å²) in [5.74, 6) is -13.4. The number of hydrogen-bond donors (Lipinski definition) is 1. The maximum Gasteiger partial charge on any atom is 0.357 e. The van der Waals surface area contributed by atoms with Gasteiger partial charge in [0.2, 0.25) is 0 Å². The summed E-state index contributed by atoms with van der Waals surface area (Å²) in [6.45, 7) is 20.5. The Morgan fingerprint density at radius 2 is 0.932 bits per heavy atom. The first-order valence-electron chi connectivity index (χ1n) is 24.1. The molecule has 73 heavy (non-hydrogen) atoms.